The highest BCUT2D eigenvalue weighted by Crippen LogP contribution is 2.28. The number of anilines is 1. The lowest BCUT2D eigenvalue weighted by Gasteiger charge is -2.11. The third-order valence-corrected chi connectivity index (χ3v) is 3.83. The average Bonchev–Trinajstić information content (AvgIpc) is 2.90. The van der Waals surface area contributed by atoms with E-state index in [0.29, 0.717) is 0 Å². The van der Waals surface area contributed by atoms with Crippen molar-refractivity contribution in [2.24, 2.45) is 0 Å². The van der Waals surface area contributed by atoms with Gasteiger partial charge < -0.3 is 5.73 Å². The van der Waals surface area contributed by atoms with Crippen LogP contribution in [0, 0.1) is 6.92 Å². The number of nitrogens with zero attached hydrogens (tertiary/aromatic N) is 3. The molecule has 4 nitrogen and oxygen atoms in total. The van der Waals surface area contributed by atoms with Gasteiger partial charge in [-0.25, -0.2) is 4.68 Å². The molecule has 3 rings (SSSR count). The molecule has 0 radical (unpaired) electrons. The number of pyridine rings is 1. The Hall–Kier alpha value is -2.36. The van der Waals surface area contributed by atoms with Gasteiger partial charge in [0.15, 0.2) is 0 Å². The molecule has 2 aromatic heterocycles. The first-order chi connectivity index (χ1) is 10.1. The number of nitrogen functional groups attached to an aromatic ring is 1. The molecule has 1 aromatic carbocycles. The number of hydrogen-bond donors (Lipinski definition) is 1. The summed E-state index contributed by atoms with van der Waals surface area (Å²) in [7, 11) is 0. The Bertz CT molecular complexity index is 802. The summed E-state index contributed by atoms with van der Waals surface area (Å²) in [5.74, 6) is 0. The minimum absolute atomic E-state index is 0.752. The number of hydrogen-bond acceptors (Lipinski definition) is 3. The zero-order chi connectivity index (χ0) is 15.0. The number of rotatable bonds is 3. The Kier molecular flexibility index (Phi) is 3.37. The Morgan fingerprint density at radius 3 is 2.62 bits per heavy atom. The quantitative estimate of drug-likeness (QED) is 0.748. The fourth-order valence-electron chi connectivity index (χ4n) is 2.64. The monoisotopic (exact) mass is 280 g/mol. The van der Waals surface area contributed by atoms with Crippen LogP contribution in [-0.2, 0) is 12.8 Å². The van der Waals surface area contributed by atoms with Crippen molar-refractivity contribution >= 4 is 16.5 Å². The smallest absolute Gasteiger partial charge is 0.0729 e. The summed E-state index contributed by atoms with van der Waals surface area (Å²) < 4.78 is 2.04. The Labute approximate surface area is 124 Å². The molecule has 0 amide bonds. The van der Waals surface area contributed by atoms with E-state index in [2.05, 4.69) is 31.0 Å². The van der Waals surface area contributed by atoms with E-state index in [-0.39, 0.29) is 0 Å². The van der Waals surface area contributed by atoms with E-state index in [4.69, 9.17) is 10.8 Å². The molecular weight excluding hydrogens is 260 g/mol. The average molecular weight is 280 g/mol. The molecule has 0 aliphatic heterocycles. The van der Waals surface area contributed by atoms with Crippen LogP contribution in [0.25, 0.3) is 16.5 Å². The molecule has 3 aromatic rings. The maximum atomic E-state index is 6.09. The van der Waals surface area contributed by atoms with Crippen molar-refractivity contribution in [2.75, 3.05) is 5.73 Å². The van der Waals surface area contributed by atoms with Crippen LogP contribution in [0.4, 0.5) is 5.69 Å². The topological polar surface area (TPSA) is 56.7 Å². The SMILES string of the molecule is CCc1cc(CC)n(-c2ccc(N)c3cnc(C)cc23)n1. The van der Waals surface area contributed by atoms with Crippen molar-refractivity contribution in [1.29, 1.82) is 0 Å². The van der Waals surface area contributed by atoms with Crippen LogP contribution in [0.1, 0.15) is 30.9 Å². The zero-order valence-corrected chi connectivity index (χ0v) is 12.7. The zero-order valence-electron chi connectivity index (χ0n) is 12.7. The Morgan fingerprint density at radius 1 is 1.10 bits per heavy atom. The molecule has 21 heavy (non-hydrogen) atoms. The van der Waals surface area contributed by atoms with E-state index in [1.807, 2.05) is 29.9 Å². The van der Waals surface area contributed by atoms with E-state index in [0.717, 1.165) is 46.4 Å². The van der Waals surface area contributed by atoms with Gasteiger partial charge in [0.25, 0.3) is 0 Å². The number of nitrogens with two attached hydrogens (primary N) is 1. The highest BCUT2D eigenvalue weighted by molar-refractivity contribution is 5.98. The van der Waals surface area contributed by atoms with E-state index >= 15 is 0 Å². The van der Waals surface area contributed by atoms with Gasteiger partial charge in [-0.15, -0.1) is 0 Å². The lowest BCUT2D eigenvalue weighted by molar-refractivity contribution is 0.799. The fraction of sp³-hybridized carbons (Fsp3) is 0.294. The summed E-state index contributed by atoms with van der Waals surface area (Å²) in [6.45, 7) is 6.27. The summed E-state index contributed by atoms with van der Waals surface area (Å²) in [5, 5.41) is 6.81. The molecule has 0 aliphatic carbocycles. The van der Waals surface area contributed by atoms with Gasteiger partial charge in [0, 0.05) is 34.0 Å². The molecule has 0 fully saturated rings. The van der Waals surface area contributed by atoms with Gasteiger partial charge in [-0.3, -0.25) is 4.98 Å². The second-order valence-electron chi connectivity index (χ2n) is 5.29. The second kappa shape index (κ2) is 5.20. The number of benzene rings is 1. The summed E-state index contributed by atoms with van der Waals surface area (Å²) in [6.07, 6.45) is 3.73. The molecule has 0 unspecified atom stereocenters. The Balaban J connectivity index is 2.32. The molecule has 4 heteroatoms. The summed E-state index contributed by atoms with van der Waals surface area (Å²) in [4.78, 5) is 4.36. The summed E-state index contributed by atoms with van der Waals surface area (Å²) >= 11 is 0. The molecule has 0 saturated heterocycles. The van der Waals surface area contributed by atoms with Crippen molar-refractivity contribution < 1.29 is 0 Å². The van der Waals surface area contributed by atoms with Gasteiger partial charge in [0.05, 0.1) is 11.4 Å². The molecule has 108 valence electrons. The highest BCUT2D eigenvalue weighted by Gasteiger charge is 2.12. The number of aryl methyl sites for hydroxylation is 3. The normalized spacial score (nSPS) is 11.2. The van der Waals surface area contributed by atoms with Crippen LogP contribution in [0.5, 0.6) is 0 Å². The minimum Gasteiger partial charge on any atom is -0.398 e. The molecule has 0 aliphatic rings. The first-order valence-electron chi connectivity index (χ1n) is 7.37. The maximum absolute atomic E-state index is 6.09. The van der Waals surface area contributed by atoms with Crippen molar-refractivity contribution in [3.05, 3.63) is 47.5 Å². The number of aromatic nitrogens is 3. The standard InChI is InChI=1S/C17H20N4/c1-4-12-9-13(5-2)21(20-12)17-7-6-16(18)15-10-19-11(3)8-14(15)17/h6-10H,4-5,18H2,1-3H3. The Morgan fingerprint density at radius 2 is 1.90 bits per heavy atom. The minimum atomic E-state index is 0.752. The molecule has 2 heterocycles. The van der Waals surface area contributed by atoms with Crippen LogP contribution in [-0.4, -0.2) is 14.8 Å². The van der Waals surface area contributed by atoms with Crippen molar-refractivity contribution in [1.82, 2.24) is 14.8 Å². The van der Waals surface area contributed by atoms with Crippen LogP contribution in [0.3, 0.4) is 0 Å². The van der Waals surface area contributed by atoms with Crippen molar-refractivity contribution in [2.45, 2.75) is 33.6 Å². The molecule has 2 N–H and O–H groups in total. The van der Waals surface area contributed by atoms with Crippen LogP contribution < -0.4 is 5.73 Å². The molecule has 0 bridgehead atoms. The molecule has 0 saturated carbocycles. The third-order valence-electron chi connectivity index (χ3n) is 3.83. The molecule has 0 spiro atoms. The predicted octanol–water partition coefficient (Wildman–Crippen LogP) is 3.44. The largest absolute Gasteiger partial charge is 0.398 e. The van der Waals surface area contributed by atoms with E-state index in [9.17, 15) is 0 Å². The number of fused-ring (bicyclic) bond motifs is 1. The van der Waals surface area contributed by atoms with Crippen LogP contribution in [0.15, 0.2) is 30.5 Å². The second-order valence-corrected chi connectivity index (χ2v) is 5.29. The van der Waals surface area contributed by atoms with Crippen molar-refractivity contribution in [3.63, 3.8) is 0 Å². The van der Waals surface area contributed by atoms with Gasteiger partial charge >= 0.3 is 0 Å². The lowest BCUT2D eigenvalue weighted by atomic mass is 10.1. The van der Waals surface area contributed by atoms with Gasteiger partial charge in [-0.2, -0.15) is 5.10 Å². The van der Waals surface area contributed by atoms with Crippen LogP contribution in [0.2, 0.25) is 0 Å². The van der Waals surface area contributed by atoms with E-state index in [1.54, 1.807) is 0 Å². The molecular formula is C17H20N4. The third kappa shape index (κ3) is 2.27. The lowest BCUT2D eigenvalue weighted by Crippen LogP contribution is -2.04. The van der Waals surface area contributed by atoms with E-state index in [1.165, 1.54) is 5.69 Å². The maximum Gasteiger partial charge on any atom is 0.0729 e. The highest BCUT2D eigenvalue weighted by atomic mass is 15.3. The van der Waals surface area contributed by atoms with Gasteiger partial charge in [0.2, 0.25) is 0 Å². The fourth-order valence-corrected chi connectivity index (χ4v) is 2.64. The summed E-state index contributed by atoms with van der Waals surface area (Å²) in [5.41, 5.74) is 11.2. The predicted molar refractivity (Wildman–Crippen MR) is 86.8 cm³/mol. The van der Waals surface area contributed by atoms with Gasteiger partial charge in [-0.05, 0) is 44.0 Å². The van der Waals surface area contributed by atoms with Crippen molar-refractivity contribution in [3.8, 4) is 5.69 Å². The summed E-state index contributed by atoms with van der Waals surface area (Å²) in [6, 6.07) is 8.23. The first-order valence-corrected chi connectivity index (χ1v) is 7.37. The molecule has 0 atom stereocenters. The van der Waals surface area contributed by atoms with E-state index < -0.39 is 0 Å². The first kappa shape index (κ1) is 13.6. The van der Waals surface area contributed by atoms with Gasteiger partial charge in [-0.1, -0.05) is 13.8 Å². The van der Waals surface area contributed by atoms with Crippen LogP contribution >= 0.6 is 0 Å². The van der Waals surface area contributed by atoms with Gasteiger partial charge in [0.1, 0.15) is 0 Å².